The predicted octanol–water partition coefficient (Wildman–Crippen LogP) is 5.55. The smallest absolute Gasteiger partial charge is 0.335 e. The number of nitrogens with one attached hydrogen (secondary N) is 1. The highest BCUT2D eigenvalue weighted by molar-refractivity contribution is 6.39. The molecule has 0 unspecified atom stereocenters. The van der Waals surface area contributed by atoms with Gasteiger partial charge < -0.3 is 4.74 Å². The third kappa shape index (κ3) is 5.08. The van der Waals surface area contributed by atoms with Crippen LogP contribution in [0.3, 0.4) is 0 Å². The number of anilines is 1. The molecule has 0 bridgehead atoms. The van der Waals surface area contributed by atoms with Crippen LogP contribution in [0.25, 0.3) is 6.08 Å². The van der Waals surface area contributed by atoms with Crippen LogP contribution in [0.15, 0.2) is 72.3 Å². The van der Waals surface area contributed by atoms with Crippen LogP contribution in [0, 0.1) is 6.92 Å². The summed E-state index contributed by atoms with van der Waals surface area (Å²) in [5, 5.41) is 3.27. The van der Waals surface area contributed by atoms with E-state index >= 15 is 0 Å². The lowest BCUT2D eigenvalue weighted by Crippen LogP contribution is -2.54. The van der Waals surface area contributed by atoms with Gasteiger partial charge in [0, 0.05) is 15.6 Å². The summed E-state index contributed by atoms with van der Waals surface area (Å²) >= 11 is 12.1. The molecule has 0 radical (unpaired) electrons. The van der Waals surface area contributed by atoms with E-state index in [1.807, 2.05) is 6.92 Å². The van der Waals surface area contributed by atoms with Crippen molar-refractivity contribution in [3.63, 3.8) is 0 Å². The molecule has 1 aliphatic heterocycles. The highest BCUT2D eigenvalue weighted by atomic mass is 35.5. The van der Waals surface area contributed by atoms with Crippen molar-refractivity contribution in [3.8, 4) is 5.75 Å². The number of aryl methyl sites for hydroxylation is 1. The Hall–Kier alpha value is -3.61. The van der Waals surface area contributed by atoms with Crippen LogP contribution in [0.1, 0.15) is 16.7 Å². The first-order valence-electron chi connectivity index (χ1n) is 9.97. The molecule has 1 aliphatic rings. The number of barbiturate groups is 1. The number of halogens is 2. The van der Waals surface area contributed by atoms with Gasteiger partial charge in [0.05, 0.1) is 5.69 Å². The molecule has 1 fully saturated rings. The molecule has 1 N–H and O–H groups in total. The highest BCUT2D eigenvalue weighted by Crippen LogP contribution is 2.25. The molecule has 1 heterocycles. The number of hydrogen-bond acceptors (Lipinski definition) is 4. The standard InChI is InChI=1S/C25H18Cl2N2O4/c1-15-2-8-19(9-3-15)29-24(31)21(23(30)28-25(29)32)12-16-4-10-20(11-5-16)33-14-17-6-7-18(26)13-22(17)27/h2-13H,14H2,1H3,(H,28,30,32). The van der Waals surface area contributed by atoms with Gasteiger partial charge in [-0.2, -0.15) is 0 Å². The molecule has 0 aliphatic carbocycles. The topological polar surface area (TPSA) is 75.7 Å². The van der Waals surface area contributed by atoms with Gasteiger partial charge >= 0.3 is 6.03 Å². The summed E-state index contributed by atoms with van der Waals surface area (Å²) in [4.78, 5) is 38.5. The van der Waals surface area contributed by atoms with Crippen LogP contribution in [0.2, 0.25) is 10.0 Å². The van der Waals surface area contributed by atoms with Gasteiger partial charge in [0.25, 0.3) is 11.8 Å². The molecule has 6 nitrogen and oxygen atoms in total. The second kappa shape index (κ2) is 9.48. The van der Waals surface area contributed by atoms with Crippen molar-refractivity contribution in [2.24, 2.45) is 0 Å². The Morgan fingerprint density at radius 1 is 0.939 bits per heavy atom. The Morgan fingerprint density at radius 2 is 1.64 bits per heavy atom. The zero-order chi connectivity index (χ0) is 23.5. The average Bonchev–Trinajstić information content (AvgIpc) is 2.78. The van der Waals surface area contributed by atoms with Gasteiger partial charge in [-0.05, 0) is 55.0 Å². The number of rotatable bonds is 5. The molecule has 166 valence electrons. The number of nitrogens with zero attached hydrogens (tertiary/aromatic N) is 1. The van der Waals surface area contributed by atoms with E-state index in [2.05, 4.69) is 5.32 Å². The van der Waals surface area contributed by atoms with Crippen LogP contribution >= 0.6 is 23.2 Å². The molecular formula is C25H18Cl2N2O4. The third-order valence-corrected chi connectivity index (χ3v) is 5.58. The molecule has 3 aromatic carbocycles. The Bertz CT molecular complexity index is 1270. The summed E-state index contributed by atoms with van der Waals surface area (Å²) in [6, 6.07) is 18.1. The number of carbonyl (C=O) groups is 3. The maximum absolute atomic E-state index is 12.9. The molecule has 4 amide bonds. The summed E-state index contributed by atoms with van der Waals surface area (Å²) in [6.07, 6.45) is 1.44. The van der Waals surface area contributed by atoms with Crippen molar-refractivity contribution in [1.82, 2.24) is 5.32 Å². The van der Waals surface area contributed by atoms with E-state index < -0.39 is 17.8 Å². The number of benzene rings is 3. The molecule has 3 aromatic rings. The van der Waals surface area contributed by atoms with E-state index in [9.17, 15) is 14.4 Å². The van der Waals surface area contributed by atoms with Gasteiger partial charge in [0.2, 0.25) is 0 Å². The lowest BCUT2D eigenvalue weighted by Gasteiger charge is -2.26. The fourth-order valence-electron chi connectivity index (χ4n) is 3.21. The van der Waals surface area contributed by atoms with Gasteiger partial charge in [0.15, 0.2) is 0 Å². The monoisotopic (exact) mass is 480 g/mol. The van der Waals surface area contributed by atoms with Crippen molar-refractivity contribution in [3.05, 3.63) is 99.0 Å². The van der Waals surface area contributed by atoms with E-state index in [0.717, 1.165) is 16.0 Å². The number of hydrogen-bond donors (Lipinski definition) is 1. The first-order chi connectivity index (χ1) is 15.8. The summed E-state index contributed by atoms with van der Waals surface area (Å²) in [5.41, 5.74) is 2.61. The van der Waals surface area contributed by atoms with Gasteiger partial charge in [-0.15, -0.1) is 0 Å². The Kier molecular flexibility index (Phi) is 6.49. The lowest BCUT2D eigenvalue weighted by atomic mass is 10.1. The number of imide groups is 2. The predicted molar refractivity (Wildman–Crippen MR) is 127 cm³/mol. The average molecular weight is 481 g/mol. The fraction of sp³-hybridized carbons (Fsp3) is 0.0800. The molecule has 8 heteroatoms. The summed E-state index contributed by atoms with van der Waals surface area (Å²) in [6.45, 7) is 2.15. The number of carbonyl (C=O) groups excluding carboxylic acids is 3. The minimum Gasteiger partial charge on any atom is -0.489 e. The molecule has 33 heavy (non-hydrogen) atoms. The van der Waals surface area contributed by atoms with Crippen molar-refractivity contribution >= 4 is 52.8 Å². The Labute approximate surface area is 200 Å². The number of ether oxygens (including phenoxy) is 1. The SMILES string of the molecule is Cc1ccc(N2C(=O)NC(=O)C(=Cc3ccc(OCc4ccc(Cl)cc4Cl)cc3)C2=O)cc1. The molecule has 0 atom stereocenters. The van der Waals surface area contributed by atoms with Gasteiger partial charge in [0.1, 0.15) is 17.9 Å². The second-order valence-corrected chi connectivity index (χ2v) is 8.23. The van der Waals surface area contributed by atoms with E-state index in [0.29, 0.717) is 27.0 Å². The van der Waals surface area contributed by atoms with Crippen LogP contribution in [0.5, 0.6) is 5.75 Å². The number of amides is 4. The maximum atomic E-state index is 12.9. The van der Waals surface area contributed by atoms with Crippen molar-refractivity contribution in [1.29, 1.82) is 0 Å². The highest BCUT2D eigenvalue weighted by Gasteiger charge is 2.36. The number of urea groups is 1. The quantitative estimate of drug-likeness (QED) is 0.383. The molecular weight excluding hydrogens is 463 g/mol. The van der Waals surface area contributed by atoms with Crippen molar-refractivity contribution < 1.29 is 19.1 Å². The van der Waals surface area contributed by atoms with Crippen molar-refractivity contribution in [2.45, 2.75) is 13.5 Å². The van der Waals surface area contributed by atoms with Crippen molar-refractivity contribution in [2.75, 3.05) is 4.90 Å². The molecule has 4 rings (SSSR count). The summed E-state index contributed by atoms with van der Waals surface area (Å²) < 4.78 is 5.75. The fourth-order valence-corrected chi connectivity index (χ4v) is 3.68. The lowest BCUT2D eigenvalue weighted by molar-refractivity contribution is -0.122. The van der Waals surface area contributed by atoms with E-state index in [1.165, 1.54) is 6.08 Å². The first kappa shape index (κ1) is 22.6. The zero-order valence-corrected chi connectivity index (χ0v) is 19.0. The molecule has 1 saturated heterocycles. The van der Waals surface area contributed by atoms with Gasteiger partial charge in [-0.1, -0.05) is 59.1 Å². The summed E-state index contributed by atoms with van der Waals surface area (Å²) in [5.74, 6) is -0.851. The van der Waals surface area contributed by atoms with Gasteiger partial charge in [-0.3, -0.25) is 14.9 Å². The molecule has 0 spiro atoms. The Balaban J connectivity index is 1.51. The first-order valence-corrected chi connectivity index (χ1v) is 10.7. The molecule has 0 aromatic heterocycles. The molecule has 0 saturated carbocycles. The van der Waals surface area contributed by atoms with E-state index in [4.69, 9.17) is 27.9 Å². The van der Waals surface area contributed by atoms with E-state index in [1.54, 1.807) is 66.7 Å². The summed E-state index contributed by atoms with van der Waals surface area (Å²) in [7, 11) is 0. The second-order valence-electron chi connectivity index (χ2n) is 7.39. The Morgan fingerprint density at radius 3 is 2.30 bits per heavy atom. The van der Waals surface area contributed by atoms with Crippen LogP contribution in [-0.4, -0.2) is 17.8 Å². The minimum absolute atomic E-state index is 0.142. The normalized spacial score (nSPS) is 15.1. The van der Waals surface area contributed by atoms with Crippen LogP contribution in [0.4, 0.5) is 10.5 Å². The van der Waals surface area contributed by atoms with Crippen LogP contribution < -0.4 is 15.0 Å². The minimum atomic E-state index is -0.782. The third-order valence-electron chi connectivity index (χ3n) is 4.99. The van der Waals surface area contributed by atoms with Gasteiger partial charge in [-0.25, -0.2) is 9.69 Å². The van der Waals surface area contributed by atoms with E-state index in [-0.39, 0.29) is 12.2 Å². The zero-order valence-electron chi connectivity index (χ0n) is 17.5. The van der Waals surface area contributed by atoms with Crippen LogP contribution in [-0.2, 0) is 16.2 Å². The largest absolute Gasteiger partial charge is 0.489 e. The maximum Gasteiger partial charge on any atom is 0.335 e.